The summed E-state index contributed by atoms with van der Waals surface area (Å²) in [6.45, 7) is 5.68. The first-order valence-corrected chi connectivity index (χ1v) is 9.65. The van der Waals surface area contributed by atoms with Crippen molar-refractivity contribution in [2.75, 3.05) is 13.1 Å². The Morgan fingerprint density at radius 2 is 1.88 bits per heavy atom. The molecule has 1 aliphatic rings. The van der Waals surface area contributed by atoms with Gasteiger partial charge in [-0.1, -0.05) is 29.8 Å². The zero-order valence-corrected chi connectivity index (χ0v) is 15.5. The van der Waals surface area contributed by atoms with Crippen LogP contribution in [0.5, 0.6) is 0 Å². The number of thiazole rings is 1. The van der Waals surface area contributed by atoms with Crippen molar-refractivity contribution in [1.29, 1.82) is 0 Å². The number of hydrogen-bond donors (Lipinski definition) is 0. The van der Waals surface area contributed by atoms with Gasteiger partial charge in [-0.05, 0) is 50.5 Å². The lowest BCUT2D eigenvalue weighted by molar-refractivity contribution is 0.0712. The molecule has 1 aliphatic heterocycles. The minimum Gasteiger partial charge on any atom is -0.339 e. The zero-order valence-electron chi connectivity index (χ0n) is 14.7. The van der Waals surface area contributed by atoms with Crippen LogP contribution in [0.25, 0.3) is 10.2 Å². The smallest absolute Gasteiger partial charge is 0.254 e. The second kappa shape index (κ2) is 6.60. The van der Waals surface area contributed by atoms with E-state index >= 15 is 0 Å². The van der Waals surface area contributed by atoms with E-state index < -0.39 is 0 Å². The molecule has 0 atom stereocenters. The van der Waals surface area contributed by atoms with Crippen molar-refractivity contribution in [3.63, 3.8) is 0 Å². The van der Waals surface area contributed by atoms with Crippen molar-refractivity contribution in [3.8, 4) is 0 Å². The number of aromatic nitrogens is 1. The first-order chi connectivity index (χ1) is 12.1. The van der Waals surface area contributed by atoms with Gasteiger partial charge in [-0.25, -0.2) is 4.98 Å². The van der Waals surface area contributed by atoms with Crippen LogP contribution in [0.3, 0.4) is 0 Å². The third-order valence-electron chi connectivity index (χ3n) is 5.07. The van der Waals surface area contributed by atoms with Crippen molar-refractivity contribution < 1.29 is 4.79 Å². The average molecular weight is 350 g/mol. The summed E-state index contributed by atoms with van der Waals surface area (Å²) in [6, 6.07) is 14.4. The normalized spacial score (nSPS) is 15.7. The van der Waals surface area contributed by atoms with Crippen LogP contribution in [0.1, 0.15) is 45.3 Å². The Labute approximate surface area is 152 Å². The largest absolute Gasteiger partial charge is 0.339 e. The molecule has 3 nitrogen and oxygen atoms in total. The third-order valence-corrected chi connectivity index (χ3v) is 6.26. The van der Waals surface area contributed by atoms with Crippen molar-refractivity contribution in [2.24, 2.45) is 0 Å². The molecule has 0 unspecified atom stereocenters. The first kappa shape index (κ1) is 16.3. The molecule has 0 radical (unpaired) electrons. The zero-order chi connectivity index (χ0) is 17.4. The summed E-state index contributed by atoms with van der Waals surface area (Å²) in [5, 5.41) is 1.22. The molecule has 2 heterocycles. The molecule has 1 amide bonds. The second-order valence-electron chi connectivity index (χ2n) is 6.90. The SMILES string of the molecule is Cc1ccc(C)c(C(=O)N2CCC(c3nc4ccccc4s3)CC2)c1. The summed E-state index contributed by atoms with van der Waals surface area (Å²) in [4.78, 5) is 19.7. The van der Waals surface area contributed by atoms with E-state index in [2.05, 4.69) is 24.3 Å². The van der Waals surface area contributed by atoms with Gasteiger partial charge in [0, 0.05) is 24.6 Å². The standard InChI is InChI=1S/C21H22N2OS/c1-14-7-8-15(2)17(13-14)21(24)23-11-9-16(10-12-23)20-22-18-5-3-4-6-19(18)25-20/h3-8,13,16H,9-12H2,1-2H3. The maximum Gasteiger partial charge on any atom is 0.254 e. The first-order valence-electron chi connectivity index (χ1n) is 8.84. The number of rotatable bonds is 2. The van der Waals surface area contributed by atoms with Crippen molar-refractivity contribution in [3.05, 3.63) is 64.2 Å². The molecule has 4 rings (SSSR count). The number of amides is 1. The molecule has 0 bridgehead atoms. The summed E-state index contributed by atoms with van der Waals surface area (Å²) >= 11 is 1.80. The minimum absolute atomic E-state index is 0.170. The molecule has 1 fully saturated rings. The van der Waals surface area contributed by atoms with Gasteiger partial charge in [-0.15, -0.1) is 11.3 Å². The molecule has 0 spiro atoms. The number of carbonyl (C=O) groups is 1. The Morgan fingerprint density at radius 1 is 1.12 bits per heavy atom. The Bertz CT molecular complexity index is 890. The van der Waals surface area contributed by atoms with Gasteiger partial charge in [0.2, 0.25) is 0 Å². The number of piperidine rings is 1. The summed E-state index contributed by atoms with van der Waals surface area (Å²) in [6.07, 6.45) is 1.99. The van der Waals surface area contributed by atoms with Gasteiger partial charge in [-0.2, -0.15) is 0 Å². The van der Waals surface area contributed by atoms with E-state index in [-0.39, 0.29) is 5.91 Å². The van der Waals surface area contributed by atoms with Gasteiger partial charge in [-0.3, -0.25) is 4.79 Å². The Kier molecular flexibility index (Phi) is 4.30. The highest BCUT2D eigenvalue weighted by Gasteiger charge is 2.27. The highest BCUT2D eigenvalue weighted by Crippen LogP contribution is 2.34. The Hall–Kier alpha value is -2.20. The highest BCUT2D eigenvalue weighted by molar-refractivity contribution is 7.18. The summed E-state index contributed by atoms with van der Waals surface area (Å²) in [5.74, 6) is 0.643. The van der Waals surface area contributed by atoms with Crippen molar-refractivity contribution >= 4 is 27.5 Å². The number of carbonyl (C=O) groups excluding carboxylic acids is 1. The molecular formula is C21H22N2OS. The van der Waals surface area contributed by atoms with Crippen LogP contribution in [0.2, 0.25) is 0 Å². The summed E-state index contributed by atoms with van der Waals surface area (Å²) < 4.78 is 1.26. The summed E-state index contributed by atoms with van der Waals surface area (Å²) in [5.41, 5.74) is 4.14. The predicted octanol–water partition coefficient (Wildman–Crippen LogP) is 4.93. The second-order valence-corrected chi connectivity index (χ2v) is 7.97. The maximum atomic E-state index is 12.9. The lowest BCUT2D eigenvalue weighted by Gasteiger charge is -2.31. The lowest BCUT2D eigenvalue weighted by Crippen LogP contribution is -2.38. The molecule has 0 N–H and O–H groups in total. The molecule has 1 aromatic heterocycles. The maximum absolute atomic E-state index is 12.9. The fraction of sp³-hybridized carbons (Fsp3) is 0.333. The number of para-hydroxylation sites is 1. The predicted molar refractivity (Wildman–Crippen MR) is 103 cm³/mol. The van der Waals surface area contributed by atoms with E-state index in [4.69, 9.17) is 4.98 Å². The van der Waals surface area contributed by atoms with Gasteiger partial charge in [0.05, 0.1) is 15.2 Å². The minimum atomic E-state index is 0.170. The molecule has 0 saturated carbocycles. The van der Waals surface area contributed by atoms with Gasteiger partial charge in [0.15, 0.2) is 0 Å². The number of hydrogen-bond acceptors (Lipinski definition) is 3. The monoisotopic (exact) mass is 350 g/mol. The fourth-order valence-electron chi connectivity index (χ4n) is 3.53. The molecular weight excluding hydrogens is 328 g/mol. The molecule has 25 heavy (non-hydrogen) atoms. The van der Waals surface area contributed by atoms with Gasteiger partial charge in [0.1, 0.15) is 0 Å². The Balaban J connectivity index is 1.47. The number of benzene rings is 2. The van der Waals surface area contributed by atoms with Crippen LogP contribution >= 0.6 is 11.3 Å². The van der Waals surface area contributed by atoms with Crippen LogP contribution in [0, 0.1) is 13.8 Å². The van der Waals surface area contributed by atoms with E-state index in [1.165, 1.54) is 9.71 Å². The van der Waals surface area contributed by atoms with E-state index in [0.717, 1.165) is 48.1 Å². The quantitative estimate of drug-likeness (QED) is 0.656. The fourth-order valence-corrected chi connectivity index (χ4v) is 4.67. The molecule has 1 saturated heterocycles. The molecule has 0 aliphatic carbocycles. The molecule has 4 heteroatoms. The number of nitrogens with zero attached hydrogens (tertiary/aromatic N) is 2. The van der Waals surface area contributed by atoms with Crippen molar-refractivity contribution in [2.45, 2.75) is 32.6 Å². The average Bonchev–Trinajstić information content (AvgIpc) is 3.07. The van der Waals surface area contributed by atoms with Crippen LogP contribution < -0.4 is 0 Å². The van der Waals surface area contributed by atoms with E-state index in [0.29, 0.717) is 5.92 Å². The third kappa shape index (κ3) is 3.19. The van der Waals surface area contributed by atoms with Crippen LogP contribution in [-0.2, 0) is 0 Å². The number of fused-ring (bicyclic) bond motifs is 1. The molecule has 2 aromatic carbocycles. The van der Waals surface area contributed by atoms with Crippen LogP contribution in [0.4, 0.5) is 0 Å². The molecule has 128 valence electrons. The van der Waals surface area contributed by atoms with Gasteiger partial charge in [0.25, 0.3) is 5.91 Å². The van der Waals surface area contributed by atoms with E-state index in [1.807, 2.05) is 36.9 Å². The summed E-state index contributed by atoms with van der Waals surface area (Å²) in [7, 11) is 0. The number of aryl methyl sites for hydroxylation is 2. The van der Waals surface area contributed by atoms with Crippen molar-refractivity contribution in [1.82, 2.24) is 9.88 Å². The van der Waals surface area contributed by atoms with Crippen LogP contribution in [0.15, 0.2) is 42.5 Å². The van der Waals surface area contributed by atoms with E-state index in [9.17, 15) is 4.79 Å². The highest BCUT2D eigenvalue weighted by atomic mass is 32.1. The molecule has 3 aromatic rings. The number of likely N-dealkylation sites (tertiary alicyclic amines) is 1. The van der Waals surface area contributed by atoms with Crippen LogP contribution in [-0.4, -0.2) is 28.9 Å². The van der Waals surface area contributed by atoms with Gasteiger partial charge < -0.3 is 4.90 Å². The lowest BCUT2D eigenvalue weighted by atomic mass is 9.96. The topological polar surface area (TPSA) is 33.2 Å². The van der Waals surface area contributed by atoms with Gasteiger partial charge >= 0.3 is 0 Å². The Morgan fingerprint density at radius 3 is 2.64 bits per heavy atom. The van der Waals surface area contributed by atoms with E-state index in [1.54, 1.807) is 11.3 Å².